The van der Waals surface area contributed by atoms with Crippen molar-refractivity contribution in [2.24, 2.45) is 0 Å². The van der Waals surface area contributed by atoms with Gasteiger partial charge in [0.05, 0.1) is 13.7 Å². The highest BCUT2D eigenvalue weighted by molar-refractivity contribution is 5.92. The van der Waals surface area contributed by atoms with Crippen LogP contribution >= 0.6 is 0 Å². The van der Waals surface area contributed by atoms with Gasteiger partial charge in [-0.25, -0.2) is 0 Å². The summed E-state index contributed by atoms with van der Waals surface area (Å²) in [5, 5.41) is 0. The van der Waals surface area contributed by atoms with Crippen molar-refractivity contribution >= 4 is 11.8 Å². The lowest BCUT2D eigenvalue weighted by atomic mass is 10.1. The Morgan fingerprint density at radius 2 is 1.81 bits per heavy atom. The smallest absolute Gasteiger partial charge is 0.305 e. The number of aryl methyl sites for hydroxylation is 1. The van der Waals surface area contributed by atoms with Gasteiger partial charge in [-0.3, -0.25) is 25.3 Å². The molecule has 0 fully saturated rings. The van der Waals surface area contributed by atoms with E-state index < -0.39 is 5.91 Å². The van der Waals surface area contributed by atoms with Crippen molar-refractivity contribution in [3.8, 4) is 5.75 Å². The fraction of sp³-hybridized carbons (Fsp3) is 0.400. The monoisotopic (exact) mass is 373 g/mol. The molecule has 1 heterocycles. The zero-order valence-corrected chi connectivity index (χ0v) is 16.1. The molecule has 2 rings (SSSR count). The summed E-state index contributed by atoms with van der Waals surface area (Å²) in [5.74, 6) is 0.856. The summed E-state index contributed by atoms with van der Waals surface area (Å²) >= 11 is 0. The van der Waals surface area contributed by atoms with Crippen molar-refractivity contribution in [1.29, 1.82) is 0 Å². The second-order valence-corrected chi connectivity index (χ2v) is 6.04. The fourth-order valence-electron chi connectivity index (χ4n) is 2.66. The molecule has 0 radical (unpaired) electrons. The van der Waals surface area contributed by atoms with Crippen LogP contribution in [-0.4, -0.2) is 36.9 Å². The predicted molar refractivity (Wildman–Crippen MR) is 102 cm³/mol. The first-order valence-electron chi connectivity index (χ1n) is 9.09. The number of carbonyl (C=O) groups excluding carboxylic acids is 2. The van der Waals surface area contributed by atoms with Gasteiger partial charge in [-0.15, -0.1) is 0 Å². The molecule has 0 bridgehead atoms. The van der Waals surface area contributed by atoms with Gasteiger partial charge in [-0.2, -0.15) is 0 Å². The average molecular weight is 373 g/mol. The molecule has 0 unspecified atom stereocenters. The predicted octanol–water partition coefficient (Wildman–Crippen LogP) is 2.52. The van der Waals surface area contributed by atoms with E-state index in [9.17, 15) is 9.59 Å². The van der Waals surface area contributed by atoms with Crippen LogP contribution in [0.25, 0.3) is 0 Å². The molecule has 2 aromatic rings. The topological polar surface area (TPSA) is 83.8 Å². The minimum atomic E-state index is -0.480. The van der Waals surface area contributed by atoms with Crippen molar-refractivity contribution in [3.05, 3.63) is 53.5 Å². The van der Waals surface area contributed by atoms with Crippen molar-refractivity contribution < 1.29 is 18.7 Å². The lowest BCUT2D eigenvalue weighted by Gasteiger charge is -2.15. The van der Waals surface area contributed by atoms with E-state index >= 15 is 0 Å². The number of methoxy groups -OCH3 is 1. The first-order valence-corrected chi connectivity index (χ1v) is 9.09. The van der Waals surface area contributed by atoms with E-state index in [1.54, 1.807) is 19.2 Å². The fourth-order valence-corrected chi connectivity index (χ4v) is 2.66. The van der Waals surface area contributed by atoms with E-state index in [-0.39, 0.29) is 18.1 Å². The Morgan fingerprint density at radius 3 is 2.52 bits per heavy atom. The van der Waals surface area contributed by atoms with E-state index in [0.717, 1.165) is 24.4 Å². The van der Waals surface area contributed by atoms with Crippen LogP contribution in [0.1, 0.15) is 42.1 Å². The molecular weight excluding hydrogens is 346 g/mol. The molecule has 7 heteroatoms. The summed E-state index contributed by atoms with van der Waals surface area (Å²) in [7, 11) is 1.59. The third-order valence-corrected chi connectivity index (χ3v) is 4.29. The number of hydrogen-bond donors (Lipinski definition) is 2. The van der Waals surface area contributed by atoms with E-state index in [2.05, 4.69) is 29.6 Å². The van der Waals surface area contributed by atoms with Crippen molar-refractivity contribution in [1.82, 2.24) is 15.8 Å². The molecule has 0 saturated carbocycles. The van der Waals surface area contributed by atoms with Gasteiger partial charge in [0.2, 0.25) is 5.91 Å². The molecule has 7 nitrogen and oxygen atoms in total. The number of amides is 2. The Kier molecular flexibility index (Phi) is 7.88. The maximum Gasteiger partial charge on any atom is 0.305 e. The van der Waals surface area contributed by atoms with Crippen LogP contribution in [0.5, 0.6) is 5.75 Å². The SMILES string of the molecule is CCN(CC)Cc1ccc(C(=O)NNC(=O)CCc2ccccc2OC)o1. The van der Waals surface area contributed by atoms with E-state index in [0.29, 0.717) is 18.7 Å². The molecule has 1 aromatic carbocycles. The molecule has 0 aliphatic rings. The van der Waals surface area contributed by atoms with Crippen LogP contribution in [0.4, 0.5) is 0 Å². The summed E-state index contributed by atoms with van der Waals surface area (Å²) in [6.45, 7) is 6.59. The van der Waals surface area contributed by atoms with Gasteiger partial charge in [0.1, 0.15) is 11.5 Å². The maximum atomic E-state index is 12.1. The molecule has 146 valence electrons. The molecule has 2 amide bonds. The normalized spacial score (nSPS) is 10.7. The van der Waals surface area contributed by atoms with Crippen molar-refractivity contribution in [2.45, 2.75) is 33.2 Å². The van der Waals surface area contributed by atoms with E-state index in [1.165, 1.54) is 0 Å². The molecule has 0 aliphatic heterocycles. The van der Waals surface area contributed by atoms with E-state index in [4.69, 9.17) is 9.15 Å². The van der Waals surface area contributed by atoms with Crippen LogP contribution in [0.3, 0.4) is 0 Å². The Labute approximate surface area is 159 Å². The number of nitrogens with one attached hydrogen (secondary N) is 2. The number of ether oxygens (including phenoxy) is 1. The second-order valence-electron chi connectivity index (χ2n) is 6.04. The Hall–Kier alpha value is -2.80. The minimum Gasteiger partial charge on any atom is -0.496 e. The number of rotatable bonds is 9. The molecule has 0 saturated heterocycles. The highest BCUT2D eigenvalue weighted by atomic mass is 16.5. The summed E-state index contributed by atoms with van der Waals surface area (Å²) in [4.78, 5) is 26.3. The number of carbonyl (C=O) groups is 2. The standard InChI is InChI=1S/C20H27N3O4/c1-4-23(5-2)14-16-11-12-18(27-16)20(25)22-21-19(24)13-10-15-8-6-7-9-17(15)26-3/h6-9,11-12H,4-5,10,13-14H2,1-3H3,(H,21,24)(H,22,25). The van der Waals surface area contributed by atoms with Gasteiger partial charge in [0.25, 0.3) is 0 Å². The number of benzene rings is 1. The Balaban J connectivity index is 1.79. The van der Waals surface area contributed by atoms with E-state index in [1.807, 2.05) is 24.3 Å². The third kappa shape index (κ3) is 6.14. The molecule has 2 N–H and O–H groups in total. The van der Waals surface area contributed by atoms with Crippen molar-refractivity contribution in [2.75, 3.05) is 20.2 Å². The van der Waals surface area contributed by atoms with Crippen LogP contribution in [0.15, 0.2) is 40.8 Å². The minimum absolute atomic E-state index is 0.169. The van der Waals surface area contributed by atoms with Gasteiger partial charge in [0, 0.05) is 6.42 Å². The van der Waals surface area contributed by atoms with Gasteiger partial charge in [-0.05, 0) is 43.3 Å². The van der Waals surface area contributed by atoms with Gasteiger partial charge < -0.3 is 9.15 Å². The van der Waals surface area contributed by atoms with Crippen LogP contribution in [0.2, 0.25) is 0 Å². The number of hydrazine groups is 1. The highest BCUT2D eigenvalue weighted by Gasteiger charge is 2.14. The quantitative estimate of drug-likeness (QED) is 0.660. The maximum absolute atomic E-state index is 12.1. The summed E-state index contributed by atoms with van der Waals surface area (Å²) in [6.07, 6.45) is 0.743. The molecule has 0 atom stereocenters. The average Bonchev–Trinajstić information content (AvgIpc) is 3.17. The molecule has 0 aliphatic carbocycles. The lowest BCUT2D eigenvalue weighted by molar-refractivity contribution is -0.121. The number of furan rings is 1. The van der Waals surface area contributed by atoms with Crippen LogP contribution in [-0.2, 0) is 17.8 Å². The zero-order valence-electron chi connectivity index (χ0n) is 16.1. The number of para-hydroxylation sites is 1. The lowest BCUT2D eigenvalue weighted by Crippen LogP contribution is -2.41. The molecule has 27 heavy (non-hydrogen) atoms. The molecule has 0 spiro atoms. The first kappa shape index (κ1) is 20.5. The van der Waals surface area contributed by atoms with Crippen LogP contribution in [0, 0.1) is 0 Å². The largest absolute Gasteiger partial charge is 0.496 e. The third-order valence-electron chi connectivity index (χ3n) is 4.29. The Bertz CT molecular complexity index is 753. The summed E-state index contributed by atoms with van der Waals surface area (Å²) in [5.41, 5.74) is 5.73. The first-order chi connectivity index (χ1) is 13.1. The number of hydrogen-bond acceptors (Lipinski definition) is 5. The Morgan fingerprint density at radius 1 is 1.07 bits per heavy atom. The number of nitrogens with zero attached hydrogens (tertiary/aromatic N) is 1. The second kappa shape index (κ2) is 10.4. The van der Waals surface area contributed by atoms with Crippen molar-refractivity contribution in [3.63, 3.8) is 0 Å². The van der Waals surface area contributed by atoms with Crippen LogP contribution < -0.4 is 15.6 Å². The van der Waals surface area contributed by atoms with Gasteiger partial charge in [0.15, 0.2) is 5.76 Å². The summed E-state index contributed by atoms with van der Waals surface area (Å²) < 4.78 is 10.8. The highest BCUT2D eigenvalue weighted by Crippen LogP contribution is 2.18. The van der Waals surface area contributed by atoms with Gasteiger partial charge >= 0.3 is 5.91 Å². The molecular formula is C20H27N3O4. The zero-order chi connectivity index (χ0) is 19.6. The summed E-state index contributed by atoms with van der Waals surface area (Å²) in [6, 6.07) is 10.9. The van der Waals surface area contributed by atoms with Gasteiger partial charge in [-0.1, -0.05) is 32.0 Å². The molecule has 1 aromatic heterocycles.